The first-order valence-electron chi connectivity index (χ1n) is 8.34. The van der Waals surface area contributed by atoms with Gasteiger partial charge >= 0.3 is 6.03 Å². The van der Waals surface area contributed by atoms with E-state index in [1.54, 1.807) is 32.4 Å². The number of carbonyl (C=O) groups excluding carboxylic acids is 1. The molecule has 0 atom stereocenters. The largest absolute Gasteiger partial charge is 0.493 e. The lowest BCUT2D eigenvalue weighted by Gasteiger charge is -2.27. The molecule has 0 fully saturated rings. The van der Waals surface area contributed by atoms with Crippen LogP contribution in [0.25, 0.3) is 5.57 Å². The van der Waals surface area contributed by atoms with Crippen LogP contribution >= 0.6 is 0 Å². The number of benzene rings is 2. The molecule has 2 N–H and O–H groups in total. The van der Waals surface area contributed by atoms with Gasteiger partial charge in [-0.3, -0.25) is 0 Å². The predicted molar refractivity (Wildman–Crippen MR) is 106 cm³/mol. The molecule has 0 unspecified atom stereocenters. The Morgan fingerprint density at radius 3 is 2.35 bits per heavy atom. The minimum atomic E-state index is -0.550. The predicted octanol–water partition coefficient (Wildman–Crippen LogP) is 4.79. The van der Waals surface area contributed by atoms with Crippen molar-refractivity contribution in [3.05, 3.63) is 60.2 Å². The zero-order valence-electron chi connectivity index (χ0n) is 16.0. The number of nitrogens with one attached hydrogen (secondary N) is 2. The molecule has 0 saturated carbocycles. The highest BCUT2D eigenvalue weighted by Gasteiger charge is 2.23. The van der Waals surface area contributed by atoms with Gasteiger partial charge in [0, 0.05) is 11.8 Å². The molecule has 0 aliphatic carbocycles. The van der Waals surface area contributed by atoms with E-state index < -0.39 is 5.54 Å². The van der Waals surface area contributed by atoms with Crippen LogP contribution in [0, 0.1) is 0 Å². The minimum Gasteiger partial charge on any atom is -0.493 e. The quantitative estimate of drug-likeness (QED) is 0.784. The standard InChI is InChI=1S/C21H26N2O3/c1-14(2)15-8-7-9-16(12-15)21(3,4)23-20(24)22-17-10-11-18(25-5)19(13-17)26-6/h7-13H,1H2,2-6H3,(H2,22,23,24). The van der Waals surface area contributed by atoms with E-state index in [-0.39, 0.29) is 6.03 Å². The van der Waals surface area contributed by atoms with Crippen LogP contribution in [0.5, 0.6) is 11.5 Å². The summed E-state index contributed by atoms with van der Waals surface area (Å²) in [6.07, 6.45) is 0. The molecular weight excluding hydrogens is 328 g/mol. The Labute approximate surface area is 155 Å². The molecule has 2 aromatic rings. The molecule has 26 heavy (non-hydrogen) atoms. The van der Waals surface area contributed by atoms with Gasteiger partial charge in [0.2, 0.25) is 0 Å². The van der Waals surface area contributed by atoms with Crippen LogP contribution in [0.15, 0.2) is 49.0 Å². The molecule has 0 radical (unpaired) electrons. The highest BCUT2D eigenvalue weighted by Crippen LogP contribution is 2.30. The van der Waals surface area contributed by atoms with Crippen LogP contribution < -0.4 is 20.1 Å². The Morgan fingerprint density at radius 2 is 1.73 bits per heavy atom. The number of ether oxygens (including phenoxy) is 2. The van der Waals surface area contributed by atoms with Crippen LogP contribution in [-0.2, 0) is 5.54 Å². The van der Waals surface area contributed by atoms with Gasteiger partial charge in [-0.2, -0.15) is 0 Å². The van der Waals surface area contributed by atoms with Crippen molar-refractivity contribution < 1.29 is 14.3 Å². The molecule has 5 heteroatoms. The van der Waals surface area contributed by atoms with Crippen molar-refractivity contribution in [3.8, 4) is 11.5 Å². The second-order valence-electron chi connectivity index (χ2n) is 6.64. The Hall–Kier alpha value is -2.95. The van der Waals surface area contributed by atoms with Gasteiger partial charge in [-0.05, 0) is 50.1 Å². The van der Waals surface area contributed by atoms with Gasteiger partial charge in [0.25, 0.3) is 0 Å². The fraction of sp³-hybridized carbons (Fsp3) is 0.286. The summed E-state index contributed by atoms with van der Waals surface area (Å²) in [5, 5.41) is 5.83. The molecular formula is C21H26N2O3. The molecule has 138 valence electrons. The summed E-state index contributed by atoms with van der Waals surface area (Å²) in [4.78, 5) is 12.5. The van der Waals surface area contributed by atoms with E-state index >= 15 is 0 Å². The van der Waals surface area contributed by atoms with Crippen molar-refractivity contribution in [2.45, 2.75) is 26.3 Å². The number of carbonyl (C=O) groups is 1. The first kappa shape index (κ1) is 19.4. The van der Waals surface area contributed by atoms with Crippen LogP contribution in [0.1, 0.15) is 31.9 Å². The van der Waals surface area contributed by atoms with E-state index in [1.807, 2.05) is 45.0 Å². The topological polar surface area (TPSA) is 59.6 Å². The van der Waals surface area contributed by atoms with Gasteiger partial charge in [-0.15, -0.1) is 0 Å². The molecule has 0 spiro atoms. The smallest absolute Gasteiger partial charge is 0.319 e. The lowest BCUT2D eigenvalue weighted by atomic mass is 9.92. The normalized spacial score (nSPS) is 10.8. The summed E-state index contributed by atoms with van der Waals surface area (Å²) in [5.41, 5.74) is 3.11. The summed E-state index contributed by atoms with van der Waals surface area (Å²) in [6.45, 7) is 9.85. The molecule has 2 amide bonds. The molecule has 0 aliphatic heterocycles. The first-order valence-corrected chi connectivity index (χ1v) is 8.34. The number of hydrogen-bond donors (Lipinski definition) is 2. The van der Waals surface area contributed by atoms with Gasteiger partial charge in [0.1, 0.15) is 0 Å². The third-order valence-electron chi connectivity index (χ3n) is 4.14. The van der Waals surface area contributed by atoms with Crippen molar-refractivity contribution >= 4 is 17.3 Å². The number of rotatable bonds is 6. The van der Waals surface area contributed by atoms with Crippen LogP contribution in [0.3, 0.4) is 0 Å². The molecule has 0 heterocycles. The second kappa shape index (κ2) is 7.95. The summed E-state index contributed by atoms with van der Waals surface area (Å²) in [5.74, 6) is 1.16. The van der Waals surface area contributed by atoms with Gasteiger partial charge < -0.3 is 20.1 Å². The fourth-order valence-electron chi connectivity index (χ4n) is 2.61. The van der Waals surface area contributed by atoms with Crippen LogP contribution in [-0.4, -0.2) is 20.3 Å². The summed E-state index contributed by atoms with van der Waals surface area (Å²) < 4.78 is 10.5. The number of anilines is 1. The lowest BCUT2D eigenvalue weighted by molar-refractivity contribution is 0.242. The van der Waals surface area contributed by atoms with E-state index in [0.29, 0.717) is 17.2 Å². The maximum Gasteiger partial charge on any atom is 0.319 e. The van der Waals surface area contributed by atoms with Gasteiger partial charge in [-0.1, -0.05) is 30.4 Å². The summed E-state index contributed by atoms with van der Waals surface area (Å²) in [7, 11) is 3.12. The number of hydrogen-bond acceptors (Lipinski definition) is 3. The Bertz CT molecular complexity index is 813. The lowest BCUT2D eigenvalue weighted by Crippen LogP contribution is -2.43. The maximum absolute atomic E-state index is 12.5. The average Bonchev–Trinajstić information content (AvgIpc) is 2.61. The Morgan fingerprint density at radius 1 is 1.04 bits per heavy atom. The number of urea groups is 1. The van der Waals surface area contributed by atoms with Crippen molar-refractivity contribution in [3.63, 3.8) is 0 Å². The molecule has 2 aromatic carbocycles. The van der Waals surface area contributed by atoms with E-state index in [0.717, 1.165) is 16.7 Å². The molecule has 5 nitrogen and oxygen atoms in total. The van der Waals surface area contributed by atoms with Crippen LogP contribution in [0.2, 0.25) is 0 Å². The monoisotopic (exact) mass is 354 g/mol. The SMILES string of the molecule is C=C(C)c1cccc(C(C)(C)NC(=O)Nc2ccc(OC)c(OC)c2)c1. The van der Waals surface area contributed by atoms with Crippen molar-refractivity contribution in [1.29, 1.82) is 0 Å². The van der Waals surface area contributed by atoms with Crippen molar-refractivity contribution in [2.24, 2.45) is 0 Å². The first-order chi connectivity index (χ1) is 12.3. The van der Waals surface area contributed by atoms with Crippen molar-refractivity contribution in [2.75, 3.05) is 19.5 Å². The maximum atomic E-state index is 12.5. The molecule has 2 rings (SSSR count). The summed E-state index contributed by atoms with van der Waals surface area (Å²) >= 11 is 0. The van der Waals surface area contributed by atoms with Gasteiger partial charge in [0.05, 0.1) is 19.8 Å². The number of allylic oxidation sites excluding steroid dienone is 1. The average molecular weight is 354 g/mol. The number of methoxy groups -OCH3 is 2. The fourth-order valence-corrected chi connectivity index (χ4v) is 2.61. The van der Waals surface area contributed by atoms with Gasteiger partial charge in [-0.25, -0.2) is 4.79 Å². The van der Waals surface area contributed by atoms with Crippen LogP contribution in [0.4, 0.5) is 10.5 Å². The zero-order valence-corrected chi connectivity index (χ0v) is 16.0. The highest BCUT2D eigenvalue weighted by atomic mass is 16.5. The minimum absolute atomic E-state index is 0.303. The molecule has 0 bridgehead atoms. The molecule has 0 saturated heterocycles. The number of amides is 2. The third kappa shape index (κ3) is 4.57. The van der Waals surface area contributed by atoms with E-state index in [9.17, 15) is 4.79 Å². The molecule has 0 aliphatic rings. The Balaban J connectivity index is 2.13. The Kier molecular flexibility index (Phi) is 5.93. The summed E-state index contributed by atoms with van der Waals surface area (Å²) in [6, 6.07) is 12.9. The third-order valence-corrected chi connectivity index (χ3v) is 4.14. The van der Waals surface area contributed by atoms with Gasteiger partial charge in [0.15, 0.2) is 11.5 Å². The zero-order chi connectivity index (χ0) is 19.3. The van der Waals surface area contributed by atoms with E-state index in [1.165, 1.54) is 0 Å². The second-order valence-corrected chi connectivity index (χ2v) is 6.64. The highest BCUT2D eigenvalue weighted by molar-refractivity contribution is 5.90. The van der Waals surface area contributed by atoms with Crippen molar-refractivity contribution in [1.82, 2.24) is 5.32 Å². The van der Waals surface area contributed by atoms with E-state index in [2.05, 4.69) is 17.2 Å². The van der Waals surface area contributed by atoms with E-state index in [4.69, 9.17) is 9.47 Å². The molecule has 0 aromatic heterocycles.